The number of aliphatic hydroxyl groups is 1. The Morgan fingerprint density at radius 1 is 1.00 bits per heavy atom. The van der Waals surface area contributed by atoms with Gasteiger partial charge in [-0.15, -0.1) is 0 Å². The number of likely N-dealkylation sites (N-methyl/N-ethyl adjacent to an activating group) is 1. The molecule has 0 aromatic heterocycles. The number of carbonyl (C=O) groups excluding carboxylic acids is 2. The fraction of sp³-hybridized carbons (Fsp3) is 0.214. The number of aryl methyl sites for hydroxylation is 2. The third-order valence-electron chi connectivity index (χ3n) is 6.54. The summed E-state index contributed by atoms with van der Waals surface area (Å²) in [5.74, 6) is -0.821. The van der Waals surface area contributed by atoms with Gasteiger partial charge in [0.1, 0.15) is 18.1 Å². The highest BCUT2D eigenvalue weighted by Crippen LogP contribution is 2.44. The molecule has 5 rings (SSSR count). The van der Waals surface area contributed by atoms with Crippen molar-refractivity contribution in [2.24, 2.45) is 0 Å². The summed E-state index contributed by atoms with van der Waals surface area (Å²) in [5.41, 5.74) is 4.70. The lowest BCUT2D eigenvalue weighted by atomic mass is 9.92. The second-order valence-electron chi connectivity index (χ2n) is 8.82. The Bertz CT molecular complexity index is 1340. The molecule has 2 aliphatic rings. The molecule has 3 aromatic rings. The highest BCUT2D eigenvalue weighted by Gasteiger charge is 2.47. The maximum absolute atomic E-state index is 13.4. The number of fused-ring (bicyclic) bond motifs is 1. The number of ether oxygens (including phenoxy) is 1. The van der Waals surface area contributed by atoms with Crippen molar-refractivity contribution in [1.82, 2.24) is 0 Å². The summed E-state index contributed by atoms with van der Waals surface area (Å²) in [4.78, 5) is 30.3. The molecule has 0 radical (unpaired) electrons. The average molecular weight is 455 g/mol. The van der Waals surface area contributed by atoms with Gasteiger partial charge in [-0.1, -0.05) is 36.4 Å². The van der Waals surface area contributed by atoms with Gasteiger partial charge in [-0.25, -0.2) is 0 Å². The first-order chi connectivity index (χ1) is 16.4. The second kappa shape index (κ2) is 8.37. The minimum absolute atomic E-state index is 0.0835. The molecule has 172 valence electrons. The van der Waals surface area contributed by atoms with E-state index in [1.54, 1.807) is 18.2 Å². The Hall–Kier alpha value is -4.06. The van der Waals surface area contributed by atoms with E-state index in [9.17, 15) is 14.7 Å². The van der Waals surface area contributed by atoms with Crippen LogP contribution in [0.2, 0.25) is 0 Å². The van der Waals surface area contributed by atoms with Crippen molar-refractivity contribution in [3.05, 3.63) is 94.6 Å². The van der Waals surface area contributed by atoms with Gasteiger partial charge in [0, 0.05) is 18.3 Å². The fourth-order valence-corrected chi connectivity index (χ4v) is 4.72. The van der Waals surface area contributed by atoms with Crippen LogP contribution in [-0.4, -0.2) is 37.0 Å². The molecule has 1 N–H and O–H groups in total. The lowest BCUT2D eigenvalue weighted by molar-refractivity contribution is -0.132. The second-order valence-corrected chi connectivity index (χ2v) is 8.82. The van der Waals surface area contributed by atoms with Crippen molar-refractivity contribution in [3.8, 4) is 5.75 Å². The standard InChI is InChI=1S/C28H26N2O4/c1-17-7-6-9-20(15-17)30-25(21-10-5-4-8-18(21)2)24(27(32)28(30)33)26(31)19-11-12-23-22(16-19)29(3)13-14-34-23/h4-12,15-16,25,31H,13-14H2,1-3H3/b26-24+. The lowest BCUT2D eigenvalue weighted by Crippen LogP contribution is -2.29. The Labute approximate surface area is 198 Å². The smallest absolute Gasteiger partial charge is 0.300 e. The monoisotopic (exact) mass is 454 g/mol. The van der Waals surface area contributed by atoms with Gasteiger partial charge in [0.15, 0.2) is 0 Å². The van der Waals surface area contributed by atoms with E-state index in [1.165, 1.54) is 4.90 Å². The van der Waals surface area contributed by atoms with Crippen LogP contribution in [0.3, 0.4) is 0 Å². The van der Waals surface area contributed by atoms with Crippen molar-refractivity contribution in [1.29, 1.82) is 0 Å². The largest absolute Gasteiger partial charge is 0.507 e. The van der Waals surface area contributed by atoms with E-state index < -0.39 is 17.7 Å². The quantitative estimate of drug-likeness (QED) is 0.351. The summed E-state index contributed by atoms with van der Waals surface area (Å²) in [6.45, 7) is 5.19. The van der Waals surface area contributed by atoms with Crippen LogP contribution in [0, 0.1) is 13.8 Å². The normalized spacial score (nSPS) is 19.2. The van der Waals surface area contributed by atoms with Crippen LogP contribution in [0.5, 0.6) is 5.75 Å². The molecule has 1 atom stereocenters. The summed E-state index contributed by atoms with van der Waals surface area (Å²) in [5, 5.41) is 11.5. The fourth-order valence-electron chi connectivity index (χ4n) is 4.72. The molecule has 1 saturated heterocycles. The summed E-state index contributed by atoms with van der Waals surface area (Å²) < 4.78 is 5.72. The molecule has 6 nitrogen and oxygen atoms in total. The number of nitrogens with zero attached hydrogens (tertiary/aromatic N) is 2. The minimum Gasteiger partial charge on any atom is -0.507 e. The van der Waals surface area contributed by atoms with Crippen molar-refractivity contribution in [3.63, 3.8) is 0 Å². The van der Waals surface area contributed by atoms with Gasteiger partial charge >= 0.3 is 0 Å². The molecule has 0 bridgehead atoms. The van der Waals surface area contributed by atoms with Gasteiger partial charge in [-0.3, -0.25) is 14.5 Å². The molecule has 2 aliphatic heterocycles. The van der Waals surface area contributed by atoms with Crippen LogP contribution >= 0.6 is 0 Å². The number of rotatable bonds is 3. The van der Waals surface area contributed by atoms with Crippen LogP contribution in [0.1, 0.15) is 28.3 Å². The first kappa shape index (κ1) is 21.8. The molecular formula is C28H26N2O4. The minimum atomic E-state index is -0.743. The average Bonchev–Trinajstić information content (AvgIpc) is 3.09. The maximum Gasteiger partial charge on any atom is 0.300 e. The number of carbonyl (C=O) groups is 2. The predicted molar refractivity (Wildman–Crippen MR) is 132 cm³/mol. The van der Waals surface area contributed by atoms with Crippen LogP contribution < -0.4 is 14.5 Å². The summed E-state index contributed by atoms with van der Waals surface area (Å²) in [6, 6.07) is 19.7. The number of benzene rings is 3. The van der Waals surface area contributed by atoms with Gasteiger partial charge in [-0.2, -0.15) is 0 Å². The molecule has 1 unspecified atom stereocenters. The SMILES string of the molecule is Cc1cccc(N2C(=O)C(=O)/C(=C(/O)c3ccc4c(c3)N(C)CCO4)C2c2ccccc2C)c1. The van der Waals surface area contributed by atoms with Crippen molar-refractivity contribution in [2.45, 2.75) is 19.9 Å². The number of aliphatic hydroxyl groups excluding tert-OH is 1. The number of amides is 1. The van der Waals surface area contributed by atoms with Gasteiger partial charge in [0.25, 0.3) is 11.7 Å². The number of hydrogen-bond acceptors (Lipinski definition) is 5. The Balaban J connectivity index is 1.72. The molecule has 0 aliphatic carbocycles. The molecule has 1 fully saturated rings. The molecule has 2 heterocycles. The molecule has 0 saturated carbocycles. The third kappa shape index (κ3) is 3.52. The first-order valence-electron chi connectivity index (χ1n) is 11.3. The molecule has 6 heteroatoms. The maximum atomic E-state index is 13.4. The van der Waals surface area contributed by atoms with Crippen molar-refractivity contribution in [2.75, 3.05) is 30.0 Å². The highest BCUT2D eigenvalue weighted by atomic mass is 16.5. The Kier molecular flexibility index (Phi) is 5.36. The zero-order valence-electron chi connectivity index (χ0n) is 19.4. The summed E-state index contributed by atoms with van der Waals surface area (Å²) >= 11 is 0. The van der Waals surface area contributed by atoms with Gasteiger partial charge in [-0.05, 0) is 60.9 Å². The number of Topliss-reactive ketones (excluding diaryl/α,β-unsaturated/α-hetero) is 1. The van der Waals surface area contributed by atoms with Gasteiger partial charge in [0.2, 0.25) is 0 Å². The Morgan fingerprint density at radius 2 is 1.79 bits per heavy atom. The van der Waals surface area contributed by atoms with Crippen LogP contribution in [0.25, 0.3) is 5.76 Å². The third-order valence-corrected chi connectivity index (χ3v) is 6.54. The Morgan fingerprint density at radius 3 is 2.56 bits per heavy atom. The number of ketones is 1. The van der Waals surface area contributed by atoms with E-state index in [4.69, 9.17) is 4.74 Å². The van der Waals surface area contributed by atoms with E-state index in [-0.39, 0.29) is 11.3 Å². The topological polar surface area (TPSA) is 70.1 Å². The molecular weight excluding hydrogens is 428 g/mol. The highest BCUT2D eigenvalue weighted by molar-refractivity contribution is 6.51. The van der Waals surface area contributed by atoms with Crippen LogP contribution in [0.4, 0.5) is 11.4 Å². The van der Waals surface area contributed by atoms with Gasteiger partial charge < -0.3 is 14.7 Å². The zero-order valence-corrected chi connectivity index (χ0v) is 19.4. The molecule has 1 amide bonds. The first-order valence-corrected chi connectivity index (χ1v) is 11.3. The number of anilines is 2. The van der Waals surface area contributed by atoms with Crippen LogP contribution in [-0.2, 0) is 9.59 Å². The van der Waals surface area contributed by atoms with E-state index in [2.05, 4.69) is 0 Å². The van der Waals surface area contributed by atoms with Crippen molar-refractivity contribution < 1.29 is 19.4 Å². The summed E-state index contributed by atoms with van der Waals surface area (Å²) in [7, 11) is 1.95. The summed E-state index contributed by atoms with van der Waals surface area (Å²) in [6.07, 6.45) is 0. The van der Waals surface area contributed by atoms with Crippen molar-refractivity contribution >= 4 is 28.8 Å². The molecule has 3 aromatic carbocycles. The lowest BCUT2D eigenvalue weighted by Gasteiger charge is -2.28. The van der Waals surface area contributed by atoms with E-state index >= 15 is 0 Å². The van der Waals surface area contributed by atoms with E-state index in [0.29, 0.717) is 17.9 Å². The van der Waals surface area contributed by atoms with Gasteiger partial charge in [0.05, 0.1) is 23.8 Å². The zero-order chi connectivity index (χ0) is 24.0. The molecule has 0 spiro atoms. The van der Waals surface area contributed by atoms with E-state index in [1.807, 2.05) is 74.3 Å². The van der Waals surface area contributed by atoms with Crippen LogP contribution in [0.15, 0.2) is 72.3 Å². The molecule has 34 heavy (non-hydrogen) atoms. The predicted octanol–water partition coefficient (Wildman–Crippen LogP) is 4.76. The number of hydrogen-bond donors (Lipinski definition) is 1. The van der Waals surface area contributed by atoms with E-state index in [0.717, 1.165) is 34.7 Å².